The van der Waals surface area contributed by atoms with Crippen LogP contribution in [0.1, 0.15) is 18.1 Å². The number of benzene rings is 2. The van der Waals surface area contributed by atoms with Crippen LogP contribution in [0.5, 0.6) is 0 Å². The van der Waals surface area contributed by atoms with E-state index in [1.165, 1.54) is 6.92 Å². The fourth-order valence-electron chi connectivity index (χ4n) is 2.46. The predicted octanol–water partition coefficient (Wildman–Crippen LogP) is 3.06. The second-order valence-electron chi connectivity index (χ2n) is 6.08. The van der Waals surface area contributed by atoms with Crippen LogP contribution in [0.4, 0.5) is 11.4 Å². The topological polar surface area (TPSA) is 71.0 Å². The summed E-state index contributed by atoms with van der Waals surface area (Å²) < 4.78 is 5.26. The van der Waals surface area contributed by atoms with Gasteiger partial charge in [0.2, 0.25) is 11.8 Å². The molecule has 0 saturated heterocycles. The summed E-state index contributed by atoms with van der Waals surface area (Å²) in [7, 11) is 3.94. The van der Waals surface area contributed by atoms with Crippen LogP contribution in [0.3, 0.4) is 0 Å². The lowest BCUT2D eigenvalue weighted by Gasteiger charge is -2.11. The van der Waals surface area contributed by atoms with Gasteiger partial charge in [-0.3, -0.25) is 4.79 Å². The van der Waals surface area contributed by atoms with Gasteiger partial charge < -0.3 is 15.0 Å². The molecule has 0 aliphatic carbocycles. The molecule has 6 nitrogen and oxygen atoms in total. The molecule has 1 amide bonds. The van der Waals surface area contributed by atoms with Crippen molar-refractivity contribution in [3.63, 3.8) is 0 Å². The van der Waals surface area contributed by atoms with E-state index >= 15 is 0 Å². The molecule has 1 aliphatic rings. The van der Waals surface area contributed by atoms with Gasteiger partial charge >= 0.3 is 5.97 Å². The van der Waals surface area contributed by atoms with E-state index in [-0.39, 0.29) is 17.5 Å². The number of carbonyl (C=O) groups is 2. The quantitative estimate of drug-likeness (QED) is 0.680. The normalized spacial score (nSPS) is 14.8. The lowest BCUT2D eigenvalue weighted by molar-refractivity contribution is -0.129. The van der Waals surface area contributed by atoms with Crippen LogP contribution < -0.4 is 10.2 Å². The van der Waals surface area contributed by atoms with Crippen molar-refractivity contribution in [2.75, 3.05) is 24.3 Å². The van der Waals surface area contributed by atoms with Gasteiger partial charge in [-0.2, -0.15) is 0 Å². The van der Waals surface area contributed by atoms with Gasteiger partial charge in [-0.25, -0.2) is 9.79 Å². The number of ether oxygens (including phenoxy) is 1. The number of nitrogens with zero attached hydrogens (tertiary/aromatic N) is 2. The molecule has 1 N–H and O–H groups in total. The van der Waals surface area contributed by atoms with E-state index in [2.05, 4.69) is 10.3 Å². The Labute approximate surface area is 151 Å². The number of anilines is 2. The highest BCUT2D eigenvalue weighted by Gasteiger charge is 2.24. The van der Waals surface area contributed by atoms with E-state index in [0.29, 0.717) is 11.3 Å². The summed E-state index contributed by atoms with van der Waals surface area (Å²) in [6.45, 7) is 1.44. The lowest BCUT2D eigenvalue weighted by atomic mass is 10.1. The molecule has 0 fully saturated rings. The molecule has 0 unspecified atom stereocenters. The number of esters is 1. The SMILES string of the molecule is CC(=O)Nc1ccc(C2=N/C(=C/c3ccc(N(C)C)cc3)C(=O)O2)cc1. The molecule has 0 aromatic heterocycles. The van der Waals surface area contributed by atoms with E-state index in [0.717, 1.165) is 11.3 Å². The van der Waals surface area contributed by atoms with Gasteiger partial charge in [0.1, 0.15) is 0 Å². The largest absolute Gasteiger partial charge is 0.402 e. The minimum absolute atomic E-state index is 0.145. The van der Waals surface area contributed by atoms with Crippen LogP contribution in [-0.2, 0) is 14.3 Å². The first kappa shape index (κ1) is 17.4. The Morgan fingerprint density at radius 1 is 1.08 bits per heavy atom. The molecule has 2 aromatic rings. The van der Waals surface area contributed by atoms with Crippen LogP contribution >= 0.6 is 0 Å². The van der Waals surface area contributed by atoms with Crippen LogP contribution in [0.15, 0.2) is 59.2 Å². The van der Waals surface area contributed by atoms with Crippen LogP contribution in [0, 0.1) is 0 Å². The highest BCUT2D eigenvalue weighted by molar-refractivity contribution is 6.13. The average molecular weight is 349 g/mol. The van der Waals surface area contributed by atoms with Gasteiger partial charge in [0.05, 0.1) is 0 Å². The number of hydrogen-bond donors (Lipinski definition) is 1. The van der Waals surface area contributed by atoms with E-state index < -0.39 is 5.97 Å². The van der Waals surface area contributed by atoms with Crippen molar-refractivity contribution >= 4 is 35.2 Å². The van der Waals surface area contributed by atoms with Crippen LogP contribution in [-0.4, -0.2) is 31.9 Å². The summed E-state index contributed by atoms with van der Waals surface area (Å²) in [6, 6.07) is 14.7. The van der Waals surface area contributed by atoms with Crippen molar-refractivity contribution in [2.45, 2.75) is 6.92 Å². The monoisotopic (exact) mass is 349 g/mol. The van der Waals surface area contributed by atoms with Gasteiger partial charge in [-0.15, -0.1) is 0 Å². The molecular formula is C20H19N3O3. The third kappa shape index (κ3) is 3.97. The highest BCUT2D eigenvalue weighted by Crippen LogP contribution is 2.21. The molecule has 0 spiro atoms. The Hall–Kier alpha value is -3.41. The van der Waals surface area contributed by atoms with Crippen molar-refractivity contribution < 1.29 is 14.3 Å². The molecule has 26 heavy (non-hydrogen) atoms. The lowest BCUT2D eigenvalue weighted by Crippen LogP contribution is -2.08. The van der Waals surface area contributed by atoms with Crippen molar-refractivity contribution in [1.82, 2.24) is 0 Å². The summed E-state index contributed by atoms with van der Waals surface area (Å²) in [5.74, 6) is -0.379. The van der Waals surface area contributed by atoms with E-state index in [4.69, 9.17) is 4.74 Å². The van der Waals surface area contributed by atoms with Crippen molar-refractivity contribution in [2.24, 2.45) is 4.99 Å². The molecule has 6 heteroatoms. The zero-order valence-corrected chi connectivity index (χ0v) is 14.8. The molecule has 0 radical (unpaired) electrons. The maximum Gasteiger partial charge on any atom is 0.363 e. The molecule has 0 saturated carbocycles. The van der Waals surface area contributed by atoms with E-state index in [1.807, 2.05) is 43.3 Å². The molecule has 1 aliphatic heterocycles. The van der Waals surface area contributed by atoms with Gasteiger partial charge in [-0.1, -0.05) is 12.1 Å². The maximum atomic E-state index is 12.1. The fourth-order valence-corrected chi connectivity index (χ4v) is 2.46. The number of amides is 1. The molecule has 2 aromatic carbocycles. The summed E-state index contributed by atoms with van der Waals surface area (Å²) in [4.78, 5) is 29.4. The van der Waals surface area contributed by atoms with Gasteiger partial charge in [-0.05, 0) is 48.0 Å². The summed E-state index contributed by atoms with van der Waals surface area (Å²) >= 11 is 0. The molecule has 0 bridgehead atoms. The highest BCUT2D eigenvalue weighted by atomic mass is 16.6. The third-order valence-electron chi connectivity index (χ3n) is 3.79. The van der Waals surface area contributed by atoms with Crippen LogP contribution in [0.2, 0.25) is 0 Å². The van der Waals surface area contributed by atoms with Crippen molar-refractivity contribution in [3.05, 3.63) is 65.4 Å². The maximum absolute atomic E-state index is 12.1. The summed E-state index contributed by atoms with van der Waals surface area (Å²) in [6.07, 6.45) is 1.69. The number of hydrogen-bond acceptors (Lipinski definition) is 5. The molecule has 3 rings (SSSR count). The van der Waals surface area contributed by atoms with E-state index in [9.17, 15) is 9.59 Å². The first-order chi connectivity index (χ1) is 12.4. The van der Waals surface area contributed by atoms with Gasteiger partial charge in [0, 0.05) is 38.0 Å². The fraction of sp³-hybridized carbons (Fsp3) is 0.150. The summed E-state index contributed by atoms with van der Waals surface area (Å²) in [5, 5.41) is 2.68. The first-order valence-electron chi connectivity index (χ1n) is 8.10. The molecular weight excluding hydrogens is 330 g/mol. The second kappa shape index (κ2) is 7.23. The zero-order chi connectivity index (χ0) is 18.7. The molecule has 0 atom stereocenters. The Kier molecular flexibility index (Phi) is 4.84. The zero-order valence-electron chi connectivity index (χ0n) is 14.8. The van der Waals surface area contributed by atoms with Gasteiger partial charge in [0.15, 0.2) is 5.70 Å². The third-order valence-corrected chi connectivity index (χ3v) is 3.79. The van der Waals surface area contributed by atoms with Crippen molar-refractivity contribution in [3.8, 4) is 0 Å². The number of nitrogens with one attached hydrogen (secondary N) is 1. The van der Waals surface area contributed by atoms with Crippen molar-refractivity contribution in [1.29, 1.82) is 0 Å². The number of aliphatic imine (C=N–C) groups is 1. The standard InChI is InChI=1S/C20H19N3O3/c1-13(24)21-16-8-6-15(7-9-16)19-22-18(20(25)26-19)12-14-4-10-17(11-5-14)23(2)3/h4-12H,1-3H3,(H,21,24)/b18-12+. The number of carbonyl (C=O) groups excluding carboxylic acids is 2. The second-order valence-corrected chi connectivity index (χ2v) is 6.08. The predicted molar refractivity (Wildman–Crippen MR) is 102 cm³/mol. The smallest absolute Gasteiger partial charge is 0.363 e. The number of cyclic esters (lactones) is 1. The van der Waals surface area contributed by atoms with E-state index in [1.54, 1.807) is 30.3 Å². The summed E-state index contributed by atoms with van der Waals surface area (Å²) in [5.41, 5.74) is 3.53. The molecule has 132 valence electrons. The average Bonchev–Trinajstić information content (AvgIpc) is 2.96. The molecule has 1 heterocycles. The Bertz CT molecular complexity index is 895. The Morgan fingerprint density at radius 3 is 2.31 bits per heavy atom. The Morgan fingerprint density at radius 2 is 1.73 bits per heavy atom. The first-order valence-corrected chi connectivity index (χ1v) is 8.10. The number of rotatable bonds is 4. The minimum atomic E-state index is -0.484. The Balaban J connectivity index is 1.81. The van der Waals surface area contributed by atoms with Crippen LogP contribution in [0.25, 0.3) is 6.08 Å². The van der Waals surface area contributed by atoms with Gasteiger partial charge in [0.25, 0.3) is 0 Å². The minimum Gasteiger partial charge on any atom is -0.402 e.